The Morgan fingerprint density at radius 3 is 2.59 bits per heavy atom. The highest BCUT2D eigenvalue weighted by Crippen LogP contribution is 2.23. The first-order valence-electron chi connectivity index (χ1n) is 7.45. The van der Waals surface area contributed by atoms with Gasteiger partial charge in [-0.15, -0.1) is 0 Å². The van der Waals surface area contributed by atoms with Gasteiger partial charge in [-0.3, -0.25) is 4.79 Å². The summed E-state index contributed by atoms with van der Waals surface area (Å²) in [5, 5.41) is 4.04. The van der Waals surface area contributed by atoms with Gasteiger partial charge in [0.05, 0.1) is 12.5 Å². The predicted molar refractivity (Wildman–Crippen MR) is 87.7 cm³/mol. The number of hydrogen-bond acceptors (Lipinski definition) is 2. The monoisotopic (exact) mass is 293 g/mol. The number of aryl methyl sites for hydroxylation is 1. The number of amides is 1. The lowest BCUT2D eigenvalue weighted by molar-refractivity contribution is -0.121. The lowest BCUT2D eigenvalue weighted by atomic mass is 10.1. The molecule has 0 aliphatic carbocycles. The first-order chi connectivity index (χ1) is 10.6. The van der Waals surface area contributed by atoms with Gasteiger partial charge in [-0.2, -0.15) is 0 Å². The Balaban J connectivity index is 1.66. The van der Waals surface area contributed by atoms with Crippen LogP contribution >= 0.6 is 0 Å². The first kappa shape index (κ1) is 14.4. The number of furan rings is 1. The van der Waals surface area contributed by atoms with Crippen molar-refractivity contribution < 1.29 is 9.21 Å². The Morgan fingerprint density at radius 1 is 1.14 bits per heavy atom. The number of para-hydroxylation sites is 1. The molecule has 1 heterocycles. The van der Waals surface area contributed by atoms with E-state index in [9.17, 15) is 4.79 Å². The molecular formula is C19H19NO2. The van der Waals surface area contributed by atoms with Crippen molar-refractivity contribution in [3.63, 3.8) is 0 Å². The SMILES string of the molecule is Cc1ccc(CC(=O)N[C@H](C)c2cc3ccccc3o2)cc1. The van der Waals surface area contributed by atoms with Gasteiger partial charge in [-0.1, -0.05) is 48.0 Å². The smallest absolute Gasteiger partial charge is 0.224 e. The summed E-state index contributed by atoms with van der Waals surface area (Å²) < 4.78 is 5.78. The summed E-state index contributed by atoms with van der Waals surface area (Å²) in [7, 11) is 0. The molecule has 2 aromatic carbocycles. The highest BCUT2D eigenvalue weighted by Gasteiger charge is 2.14. The zero-order chi connectivity index (χ0) is 15.5. The summed E-state index contributed by atoms with van der Waals surface area (Å²) in [5.74, 6) is 0.773. The number of fused-ring (bicyclic) bond motifs is 1. The highest BCUT2D eigenvalue weighted by molar-refractivity contribution is 5.80. The van der Waals surface area contributed by atoms with Gasteiger partial charge in [0.15, 0.2) is 0 Å². The molecule has 0 unspecified atom stereocenters. The fourth-order valence-electron chi connectivity index (χ4n) is 2.47. The number of carbonyl (C=O) groups is 1. The van der Waals surface area contributed by atoms with Crippen LogP contribution in [0.5, 0.6) is 0 Å². The summed E-state index contributed by atoms with van der Waals surface area (Å²) in [6.45, 7) is 3.97. The van der Waals surface area contributed by atoms with Crippen LogP contribution in [0.1, 0.15) is 29.9 Å². The second kappa shape index (κ2) is 6.06. The molecule has 0 aliphatic rings. The Hall–Kier alpha value is -2.55. The molecular weight excluding hydrogens is 274 g/mol. The standard InChI is InChI=1S/C19H19NO2/c1-13-7-9-15(10-8-13)11-19(21)20-14(2)18-12-16-5-3-4-6-17(16)22-18/h3-10,12,14H,11H2,1-2H3,(H,20,21)/t14-/m1/s1. The molecule has 0 saturated heterocycles. The van der Waals surface area contributed by atoms with Crippen molar-refractivity contribution in [2.45, 2.75) is 26.3 Å². The van der Waals surface area contributed by atoms with Crippen molar-refractivity contribution in [3.05, 3.63) is 71.5 Å². The van der Waals surface area contributed by atoms with Crippen LogP contribution < -0.4 is 5.32 Å². The molecule has 1 aromatic heterocycles. The van der Waals surface area contributed by atoms with Crippen LogP contribution in [-0.4, -0.2) is 5.91 Å². The molecule has 112 valence electrons. The highest BCUT2D eigenvalue weighted by atomic mass is 16.3. The van der Waals surface area contributed by atoms with E-state index in [0.29, 0.717) is 6.42 Å². The van der Waals surface area contributed by atoms with E-state index in [1.165, 1.54) is 5.56 Å². The van der Waals surface area contributed by atoms with Crippen LogP contribution in [-0.2, 0) is 11.2 Å². The lowest BCUT2D eigenvalue weighted by Gasteiger charge is -2.11. The minimum absolute atomic E-state index is 0.00295. The molecule has 1 N–H and O–H groups in total. The van der Waals surface area contributed by atoms with Gasteiger partial charge in [0, 0.05) is 5.39 Å². The minimum Gasteiger partial charge on any atom is -0.459 e. The summed E-state index contributed by atoms with van der Waals surface area (Å²) >= 11 is 0. The van der Waals surface area contributed by atoms with Gasteiger partial charge in [0.25, 0.3) is 0 Å². The summed E-state index contributed by atoms with van der Waals surface area (Å²) in [6, 6.07) is 17.7. The van der Waals surface area contributed by atoms with Gasteiger partial charge in [-0.25, -0.2) is 0 Å². The predicted octanol–water partition coefficient (Wildman–Crippen LogP) is 4.16. The molecule has 3 nitrogen and oxygen atoms in total. The fourth-order valence-corrected chi connectivity index (χ4v) is 2.47. The molecule has 0 fully saturated rings. The largest absolute Gasteiger partial charge is 0.459 e. The third kappa shape index (κ3) is 3.19. The average molecular weight is 293 g/mol. The quantitative estimate of drug-likeness (QED) is 0.784. The maximum atomic E-state index is 12.1. The maximum absolute atomic E-state index is 12.1. The first-order valence-corrected chi connectivity index (χ1v) is 7.45. The van der Waals surface area contributed by atoms with Crippen LogP contribution in [0.25, 0.3) is 11.0 Å². The summed E-state index contributed by atoms with van der Waals surface area (Å²) in [5.41, 5.74) is 3.05. The molecule has 3 aromatic rings. The third-order valence-corrected chi connectivity index (χ3v) is 3.73. The number of nitrogens with one attached hydrogen (secondary N) is 1. The van der Waals surface area contributed by atoms with Gasteiger partial charge in [-0.05, 0) is 31.5 Å². The number of hydrogen-bond donors (Lipinski definition) is 1. The molecule has 0 spiro atoms. The number of carbonyl (C=O) groups excluding carboxylic acids is 1. The van der Waals surface area contributed by atoms with Gasteiger partial charge in [0.1, 0.15) is 11.3 Å². The van der Waals surface area contributed by atoms with Crippen LogP contribution in [0.4, 0.5) is 0 Å². The van der Waals surface area contributed by atoms with Gasteiger partial charge in [0.2, 0.25) is 5.91 Å². The van der Waals surface area contributed by atoms with Crippen LogP contribution in [0, 0.1) is 6.92 Å². The average Bonchev–Trinajstić information content (AvgIpc) is 2.93. The Bertz CT molecular complexity index is 754. The van der Waals surface area contributed by atoms with Crippen molar-refractivity contribution >= 4 is 16.9 Å². The van der Waals surface area contributed by atoms with E-state index in [2.05, 4.69) is 5.32 Å². The molecule has 0 saturated carbocycles. The van der Waals surface area contributed by atoms with E-state index in [0.717, 1.165) is 22.3 Å². The minimum atomic E-state index is -0.148. The van der Waals surface area contributed by atoms with Crippen molar-refractivity contribution in [1.29, 1.82) is 0 Å². The molecule has 3 heteroatoms. The van der Waals surface area contributed by atoms with Crippen LogP contribution in [0.15, 0.2) is 59.0 Å². The van der Waals surface area contributed by atoms with Gasteiger partial charge >= 0.3 is 0 Å². The van der Waals surface area contributed by atoms with E-state index in [1.807, 2.05) is 68.4 Å². The van der Waals surface area contributed by atoms with Crippen molar-refractivity contribution in [3.8, 4) is 0 Å². The van der Waals surface area contributed by atoms with E-state index in [4.69, 9.17) is 4.42 Å². The Labute approximate surface area is 130 Å². The van der Waals surface area contributed by atoms with E-state index in [1.54, 1.807) is 0 Å². The van der Waals surface area contributed by atoms with E-state index >= 15 is 0 Å². The molecule has 22 heavy (non-hydrogen) atoms. The third-order valence-electron chi connectivity index (χ3n) is 3.73. The second-order valence-corrected chi connectivity index (χ2v) is 5.64. The van der Waals surface area contributed by atoms with Crippen molar-refractivity contribution in [1.82, 2.24) is 5.32 Å². The normalized spacial score (nSPS) is 12.3. The molecule has 0 aliphatic heterocycles. The van der Waals surface area contributed by atoms with Gasteiger partial charge < -0.3 is 9.73 Å². The summed E-state index contributed by atoms with van der Waals surface area (Å²) in [4.78, 5) is 12.1. The lowest BCUT2D eigenvalue weighted by Crippen LogP contribution is -2.27. The molecule has 0 radical (unpaired) electrons. The molecule has 1 atom stereocenters. The van der Waals surface area contributed by atoms with Crippen LogP contribution in [0.2, 0.25) is 0 Å². The Kier molecular flexibility index (Phi) is 3.96. The van der Waals surface area contributed by atoms with E-state index in [-0.39, 0.29) is 11.9 Å². The molecule has 0 bridgehead atoms. The second-order valence-electron chi connectivity index (χ2n) is 5.64. The fraction of sp³-hybridized carbons (Fsp3) is 0.211. The maximum Gasteiger partial charge on any atom is 0.224 e. The van der Waals surface area contributed by atoms with E-state index < -0.39 is 0 Å². The van der Waals surface area contributed by atoms with Crippen molar-refractivity contribution in [2.75, 3.05) is 0 Å². The Morgan fingerprint density at radius 2 is 1.86 bits per heavy atom. The van der Waals surface area contributed by atoms with Crippen LogP contribution in [0.3, 0.4) is 0 Å². The molecule has 3 rings (SSSR count). The molecule has 1 amide bonds. The topological polar surface area (TPSA) is 42.2 Å². The number of rotatable bonds is 4. The van der Waals surface area contributed by atoms with Crippen molar-refractivity contribution in [2.24, 2.45) is 0 Å². The zero-order valence-corrected chi connectivity index (χ0v) is 12.8. The number of benzene rings is 2. The zero-order valence-electron chi connectivity index (χ0n) is 12.8. The summed E-state index contributed by atoms with van der Waals surface area (Å²) in [6.07, 6.45) is 0.380.